The molecule has 0 aliphatic carbocycles. The Morgan fingerprint density at radius 2 is 2.05 bits per heavy atom. The standard InChI is InChI=1S/C16H22ClNO4/c1-3-10-16(2,15(20)21)18-14(19)9-6-11-22-13-8-5-4-7-12(13)17/h4-5,7-8H,3,6,9-11H2,1-2H3,(H,18,19)(H,20,21). The molecule has 1 amide bonds. The van der Waals surface area contributed by atoms with Gasteiger partial charge in [0.05, 0.1) is 11.6 Å². The number of carboxylic acid groups (broad SMARTS) is 1. The molecule has 1 aromatic rings. The number of rotatable bonds is 9. The molecule has 0 aliphatic heterocycles. The van der Waals surface area contributed by atoms with Crippen LogP contribution in [0.25, 0.3) is 0 Å². The minimum Gasteiger partial charge on any atom is -0.492 e. The monoisotopic (exact) mass is 327 g/mol. The molecular weight excluding hydrogens is 306 g/mol. The van der Waals surface area contributed by atoms with Crippen LogP contribution in [0, 0.1) is 0 Å². The lowest BCUT2D eigenvalue weighted by molar-refractivity contribution is -0.147. The van der Waals surface area contributed by atoms with Crippen molar-refractivity contribution in [1.82, 2.24) is 5.32 Å². The molecule has 0 radical (unpaired) electrons. The van der Waals surface area contributed by atoms with E-state index in [-0.39, 0.29) is 12.3 Å². The number of ether oxygens (including phenoxy) is 1. The van der Waals surface area contributed by atoms with Crippen molar-refractivity contribution in [3.05, 3.63) is 29.3 Å². The van der Waals surface area contributed by atoms with Crippen LogP contribution in [0.2, 0.25) is 5.02 Å². The Morgan fingerprint density at radius 3 is 2.64 bits per heavy atom. The van der Waals surface area contributed by atoms with E-state index < -0.39 is 11.5 Å². The van der Waals surface area contributed by atoms with E-state index in [2.05, 4.69) is 5.32 Å². The fourth-order valence-corrected chi connectivity index (χ4v) is 2.26. The van der Waals surface area contributed by atoms with Gasteiger partial charge in [0.15, 0.2) is 0 Å². The van der Waals surface area contributed by atoms with E-state index in [1.165, 1.54) is 6.92 Å². The van der Waals surface area contributed by atoms with E-state index in [9.17, 15) is 14.7 Å². The number of halogens is 1. The molecule has 0 fully saturated rings. The van der Waals surface area contributed by atoms with Gasteiger partial charge < -0.3 is 15.2 Å². The summed E-state index contributed by atoms with van der Waals surface area (Å²) < 4.78 is 5.48. The first-order valence-corrected chi connectivity index (χ1v) is 7.68. The smallest absolute Gasteiger partial charge is 0.329 e. The van der Waals surface area contributed by atoms with Gasteiger partial charge in [-0.05, 0) is 31.9 Å². The number of hydrogen-bond acceptors (Lipinski definition) is 3. The topological polar surface area (TPSA) is 75.6 Å². The molecule has 122 valence electrons. The molecule has 6 heteroatoms. The number of carboxylic acids is 1. The molecule has 1 unspecified atom stereocenters. The largest absolute Gasteiger partial charge is 0.492 e. The molecule has 22 heavy (non-hydrogen) atoms. The van der Waals surface area contributed by atoms with Gasteiger partial charge in [-0.2, -0.15) is 0 Å². The summed E-state index contributed by atoms with van der Waals surface area (Å²) in [5.74, 6) is -0.734. The Morgan fingerprint density at radius 1 is 1.36 bits per heavy atom. The van der Waals surface area contributed by atoms with Gasteiger partial charge >= 0.3 is 5.97 Å². The summed E-state index contributed by atoms with van der Waals surface area (Å²) in [6.07, 6.45) is 1.76. The molecule has 0 spiro atoms. The van der Waals surface area contributed by atoms with Gasteiger partial charge in [0.25, 0.3) is 0 Å². The van der Waals surface area contributed by atoms with Crippen LogP contribution in [0.1, 0.15) is 39.5 Å². The summed E-state index contributed by atoms with van der Waals surface area (Å²) in [5, 5.41) is 12.3. The van der Waals surface area contributed by atoms with Crippen molar-refractivity contribution in [1.29, 1.82) is 0 Å². The number of nitrogens with one attached hydrogen (secondary N) is 1. The lowest BCUT2D eigenvalue weighted by Gasteiger charge is -2.25. The molecule has 2 N–H and O–H groups in total. The summed E-state index contributed by atoms with van der Waals surface area (Å²) in [6, 6.07) is 7.11. The van der Waals surface area contributed by atoms with Gasteiger partial charge in [-0.15, -0.1) is 0 Å². The predicted molar refractivity (Wildman–Crippen MR) is 85.3 cm³/mol. The highest BCUT2D eigenvalue weighted by molar-refractivity contribution is 6.32. The third kappa shape index (κ3) is 5.56. The molecule has 0 heterocycles. The zero-order valence-electron chi connectivity index (χ0n) is 12.9. The summed E-state index contributed by atoms with van der Waals surface area (Å²) in [4.78, 5) is 23.1. The summed E-state index contributed by atoms with van der Waals surface area (Å²) in [5.41, 5.74) is -1.21. The molecule has 1 rings (SSSR count). The highest BCUT2D eigenvalue weighted by Gasteiger charge is 2.33. The van der Waals surface area contributed by atoms with Gasteiger partial charge in [-0.1, -0.05) is 37.1 Å². The number of para-hydroxylation sites is 1. The fraction of sp³-hybridized carbons (Fsp3) is 0.500. The average Bonchev–Trinajstić information content (AvgIpc) is 2.45. The number of aliphatic carboxylic acids is 1. The van der Waals surface area contributed by atoms with Crippen molar-refractivity contribution in [3.63, 3.8) is 0 Å². The zero-order valence-corrected chi connectivity index (χ0v) is 13.7. The number of amides is 1. The Balaban J connectivity index is 2.37. The van der Waals surface area contributed by atoms with Crippen molar-refractivity contribution < 1.29 is 19.4 Å². The minimum absolute atomic E-state index is 0.205. The minimum atomic E-state index is -1.21. The van der Waals surface area contributed by atoms with Gasteiger partial charge in [-0.3, -0.25) is 4.79 Å². The summed E-state index contributed by atoms with van der Waals surface area (Å²) in [7, 11) is 0. The lowest BCUT2D eigenvalue weighted by Crippen LogP contribution is -2.52. The molecule has 1 aromatic carbocycles. The van der Waals surface area contributed by atoms with Crippen LogP contribution < -0.4 is 10.1 Å². The van der Waals surface area contributed by atoms with E-state index >= 15 is 0 Å². The van der Waals surface area contributed by atoms with Gasteiger partial charge in [0, 0.05) is 6.42 Å². The summed E-state index contributed by atoms with van der Waals surface area (Å²) in [6.45, 7) is 3.75. The Labute approximate surface area is 135 Å². The van der Waals surface area contributed by atoms with E-state index in [4.69, 9.17) is 16.3 Å². The number of carbonyl (C=O) groups excluding carboxylic acids is 1. The molecule has 0 aliphatic rings. The van der Waals surface area contributed by atoms with Crippen molar-refractivity contribution in [2.45, 2.75) is 45.1 Å². The zero-order chi connectivity index (χ0) is 16.6. The SMILES string of the molecule is CCCC(C)(NC(=O)CCCOc1ccccc1Cl)C(=O)O. The van der Waals surface area contributed by atoms with Crippen LogP contribution in [-0.4, -0.2) is 29.1 Å². The maximum absolute atomic E-state index is 11.9. The normalized spacial score (nSPS) is 13.2. The van der Waals surface area contributed by atoms with Crippen LogP contribution in [0.3, 0.4) is 0 Å². The molecule has 0 saturated carbocycles. The quantitative estimate of drug-likeness (QED) is 0.683. The van der Waals surface area contributed by atoms with Crippen LogP contribution in [0.5, 0.6) is 5.75 Å². The number of hydrogen-bond donors (Lipinski definition) is 2. The van der Waals surface area contributed by atoms with E-state index in [0.717, 1.165) is 0 Å². The van der Waals surface area contributed by atoms with Gasteiger partial charge in [0.2, 0.25) is 5.91 Å². The Kier molecular flexibility index (Phi) is 7.18. The first kappa shape index (κ1) is 18.3. The first-order valence-electron chi connectivity index (χ1n) is 7.31. The highest BCUT2D eigenvalue weighted by Crippen LogP contribution is 2.23. The van der Waals surface area contributed by atoms with Gasteiger partial charge in [0.1, 0.15) is 11.3 Å². The maximum Gasteiger partial charge on any atom is 0.329 e. The van der Waals surface area contributed by atoms with Crippen LogP contribution in [0.4, 0.5) is 0 Å². The molecule has 5 nitrogen and oxygen atoms in total. The van der Waals surface area contributed by atoms with Crippen LogP contribution >= 0.6 is 11.6 Å². The van der Waals surface area contributed by atoms with Crippen LogP contribution in [-0.2, 0) is 9.59 Å². The van der Waals surface area contributed by atoms with Crippen molar-refractivity contribution in [2.75, 3.05) is 6.61 Å². The molecule has 0 aromatic heterocycles. The molecule has 0 bridgehead atoms. The van der Waals surface area contributed by atoms with Gasteiger partial charge in [-0.25, -0.2) is 4.79 Å². The first-order chi connectivity index (χ1) is 10.4. The average molecular weight is 328 g/mol. The second-order valence-corrected chi connectivity index (χ2v) is 5.73. The highest BCUT2D eigenvalue weighted by atomic mass is 35.5. The molecule has 1 atom stereocenters. The number of carbonyl (C=O) groups is 2. The second kappa shape index (κ2) is 8.63. The summed E-state index contributed by atoms with van der Waals surface area (Å²) >= 11 is 5.95. The fourth-order valence-electron chi connectivity index (χ4n) is 2.07. The van der Waals surface area contributed by atoms with Crippen LogP contribution in [0.15, 0.2) is 24.3 Å². The third-order valence-corrected chi connectivity index (χ3v) is 3.59. The van der Waals surface area contributed by atoms with E-state index in [0.29, 0.717) is 36.6 Å². The Bertz CT molecular complexity index is 521. The van der Waals surface area contributed by atoms with Crippen molar-refractivity contribution in [3.8, 4) is 5.75 Å². The second-order valence-electron chi connectivity index (χ2n) is 5.32. The van der Waals surface area contributed by atoms with Crippen molar-refractivity contribution >= 4 is 23.5 Å². The molecular formula is C16H22ClNO4. The van der Waals surface area contributed by atoms with E-state index in [1.807, 2.05) is 19.1 Å². The van der Waals surface area contributed by atoms with Crippen molar-refractivity contribution in [2.24, 2.45) is 0 Å². The maximum atomic E-state index is 11.9. The van der Waals surface area contributed by atoms with E-state index in [1.54, 1.807) is 12.1 Å². The third-order valence-electron chi connectivity index (χ3n) is 3.28. The Hall–Kier alpha value is -1.75. The number of benzene rings is 1. The molecule has 0 saturated heterocycles. The lowest BCUT2D eigenvalue weighted by atomic mass is 9.96. The predicted octanol–water partition coefficient (Wildman–Crippen LogP) is 3.26.